The smallest absolute Gasteiger partial charge is 0.322 e. The van der Waals surface area contributed by atoms with Crippen LogP contribution in [0, 0.1) is 12.8 Å². The summed E-state index contributed by atoms with van der Waals surface area (Å²) >= 11 is 0. The van der Waals surface area contributed by atoms with Gasteiger partial charge in [-0.25, -0.2) is 17.9 Å². The van der Waals surface area contributed by atoms with Gasteiger partial charge in [0.15, 0.2) is 0 Å². The Kier molecular flexibility index (Phi) is 7.28. The fraction of sp³-hybridized carbons (Fsp3) is 0.286. The van der Waals surface area contributed by atoms with Crippen LogP contribution in [0.2, 0.25) is 0 Å². The normalized spacial score (nSPS) is 19.8. The highest BCUT2D eigenvalue weighted by Crippen LogP contribution is 2.37. The van der Waals surface area contributed by atoms with E-state index in [-0.39, 0.29) is 10.9 Å². The number of benzene rings is 3. The van der Waals surface area contributed by atoms with Crippen LogP contribution in [0.5, 0.6) is 0 Å². The molecule has 0 aliphatic carbocycles. The van der Waals surface area contributed by atoms with Crippen LogP contribution in [-0.2, 0) is 14.8 Å². The Balaban J connectivity index is 1.71. The van der Waals surface area contributed by atoms with Crippen LogP contribution in [0.4, 0.5) is 4.79 Å². The van der Waals surface area contributed by atoms with Gasteiger partial charge in [0.05, 0.1) is 28.9 Å². The molecule has 4 atom stereocenters. The van der Waals surface area contributed by atoms with Crippen LogP contribution >= 0.6 is 0 Å². The van der Waals surface area contributed by atoms with Crippen molar-refractivity contribution in [1.29, 1.82) is 0 Å². The van der Waals surface area contributed by atoms with Crippen LogP contribution < -0.4 is 4.72 Å². The second kappa shape index (κ2) is 10.2. The first-order chi connectivity index (χ1) is 17.1. The lowest BCUT2D eigenvalue weighted by atomic mass is 9.92. The number of amides is 3. The summed E-state index contributed by atoms with van der Waals surface area (Å²) < 4.78 is 29.4. The van der Waals surface area contributed by atoms with Gasteiger partial charge in [0, 0.05) is 7.05 Å². The number of likely N-dealkylation sites (N-methyl/N-ethyl adjacent to an activating group) is 1. The first-order valence-corrected chi connectivity index (χ1v) is 13.4. The maximum Gasteiger partial charge on any atom is 0.327 e. The number of sulfonamides is 1. The zero-order valence-electron chi connectivity index (χ0n) is 20.8. The molecule has 1 heterocycles. The molecule has 0 saturated carbocycles. The van der Waals surface area contributed by atoms with E-state index < -0.39 is 40.0 Å². The predicted octanol–water partition coefficient (Wildman–Crippen LogP) is 4.67. The zero-order valence-corrected chi connectivity index (χ0v) is 21.6. The van der Waals surface area contributed by atoms with E-state index >= 15 is 0 Å². The van der Waals surface area contributed by atoms with E-state index in [1.165, 1.54) is 17.0 Å². The number of hydrogen-bond donors (Lipinski definition) is 1. The van der Waals surface area contributed by atoms with E-state index in [1.54, 1.807) is 55.3 Å². The number of imide groups is 1. The monoisotopic (exact) mass is 505 g/mol. The average molecular weight is 506 g/mol. The standard InChI is InChI=1S/C28H31N3O4S/c1-19-15-17-24(18-16-19)36(34,35)29-25(22-11-7-5-8-12-22)20(2)27(32)31-26(21(3)30(4)28(31)33)23-13-9-6-10-14-23/h5-18,20-21,25-26,29H,1-4H3/t20-,21-,25+,26-/m0/s1. The van der Waals surface area contributed by atoms with Crippen LogP contribution in [0.25, 0.3) is 0 Å². The van der Waals surface area contributed by atoms with Gasteiger partial charge in [-0.15, -0.1) is 0 Å². The first-order valence-electron chi connectivity index (χ1n) is 11.9. The quantitative estimate of drug-likeness (QED) is 0.505. The molecule has 0 unspecified atom stereocenters. The Morgan fingerprint density at radius 2 is 1.47 bits per heavy atom. The molecule has 1 aliphatic heterocycles. The third-order valence-corrected chi connectivity index (χ3v) is 8.35. The largest absolute Gasteiger partial charge is 0.327 e. The number of urea groups is 1. The number of nitrogens with zero attached hydrogens (tertiary/aromatic N) is 2. The molecule has 4 rings (SSSR count). The van der Waals surface area contributed by atoms with Crippen molar-refractivity contribution in [3.05, 3.63) is 102 Å². The third-order valence-electron chi connectivity index (χ3n) is 6.89. The molecule has 3 aromatic carbocycles. The van der Waals surface area contributed by atoms with Crippen molar-refractivity contribution in [2.24, 2.45) is 5.92 Å². The van der Waals surface area contributed by atoms with Crippen molar-refractivity contribution in [3.8, 4) is 0 Å². The van der Waals surface area contributed by atoms with Crippen LogP contribution in [0.3, 0.4) is 0 Å². The second-order valence-corrected chi connectivity index (χ2v) is 11.0. The lowest BCUT2D eigenvalue weighted by Gasteiger charge is -2.30. The number of aryl methyl sites for hydroxylation is 1. The minimum absolute atomic E-state index is 0.112. The molecule has 0 bridgehead atoms. The molecule has 1 saturated heterocycles. The number of carbonyl (C=O) groups is 2. The minimum Gasteiger partial charge on any atom is -0.322 e. The maximum atomic E-state index is 14.0. The molecule has 0 spiro atoms. The summed E-state index contributed by atoms with van der Waals surface area (Å²) in [5.74, 6) is -1.30. The number of carbonyl (C=O) groups excluding carboxylic acids is 2. The molecule has 1 N–H and O–H groups in total. The highest BCUT2D eigenvalue weighted by atomic mass is 32.2. The first kappa shape index (κ1) is 25.6. The van der Waals surface area contributed by atoms with Crippen LogP contribution in [0.15, 0.2) is 89.8 Å². The van der Waals surface area contributed by atoms with E-state index in [2.05, 4.69) is 4.72 Å². The minimum atomic E-state index is -3.94. The molecule has 1 fully saturated rings. The molecular formula is C28H31N3O4S. The van der Waals surface area contributed by atoms with Gasteiger partial charge < -0.3 is 4.90 Å². The van der Waals surface area contributed by atoms with Gasteiger partial charge in [0.25, 0.3) is 0 Å². The summed E-state index contributed by atoms with van der Waals surface area (Å²) in [6.45, 7) is 5.45. The molecule has 0 radical (unpaired) electrons. The topological polar surface area (TPSA) is 86.8 Å². The van der Waals surface area contributed by atoms with E-state index in [0.29, 0.717) is 5.56 Å². The molecule has 3 amide bonds. The van der Waals surface area contributed by atoms with Gasteiger partial charge in [-0.1, -0.05) is 85.3 Å². The lowest BCUT2D eigenvalue weighted by molar-refractivity contribution is -0.134. The summed E-state index contributed by atoms with van der Waals surface area (Å²) in [5.41, 5.74) is 2.42. The summed E-state index contributed by atoms with van der Waals surface area (Å²) in [4.78, 5) is 30.1. The average Bonchev–Trinajstić information content (AvgIpc) is 3.11. The highest BCUT2D eigenvalue weighted by Gasteiger charge is 2.48. The van der Waals surface area contributed by atoms with Crippen molar-refractivity contribution in [1.82, 2.24) is 14.5 Å². The fourth-order valence-electron chi connectivity index (χ4n) is 4.63. The molecule has 188 valence electrons. The van der Waals surface area contributed by atoms with E-state index in [9.17, 15) is 18.0 Å². The summed E-state index contributed by atoms with van der Waals surface area (Å²) in [6.07, 6.45) is 0. The SMILES string of the molecule is Cc1ccc(S(=O)(=O)N[C@@H](c2ccccc2)[C@H](C)C(=O)N2C(=O)N(C)[C@@H](C)[C@H]2c2ccccc2)cc1. The van der Waals surface area contributed by atoms with Gasteiger partial charge in [-0.3, -0.25) is 9.69 Å². The zero-order chi connectivity index (χ0) is 26.0. The maximum absolute atomic E-state index is 14.0. The molecule has 7 nitrogen and oxygen atoms in total. The van der Waals surface area contributed by atoms with Crippen LogP contribution in [0.1, 0.15) is 42.6 Å². The molecule has 36 heavy (non-hydrogen) atoms. The lowest BCUT2D eigenvalue weighted by Crippen LogP contribution is -2.44. The Morgan fingerprint density at radius 1 is 0.917 bits per heavy atom. The van der Waals surface area contributed by atoms with Crippen molar-refractivity contribution in [2.45, 2.75) is 43.8 Å². The Morgan fingerprint density at radius 3 is 2.06 bits per heavy atom. The second-order valence-electron chi connectivity index (χ2n) is 9.31. The van der Waals surface area contributed by atoms with Gasteiger partial charge >= 0.3 is 6.03 Å². The van der Waals surface area contributed by atoms with E-state index in [0.717, 1.165) is 11.1 Å². The summed E-state index contributed by atoms with van der Waals surface area (Å²) in [6, 6.07) is 22.9. The van der Waals surface area contributed by atoms with Crippen molar-refractivity contribution >= 4 is 22.0 Å². The summed E-state index contributed by atoms with van der Waals surface area (Å²) in [5, 5.41) is 0. The van der Waals surface area contributed by atoms with Crippen molar-refractivity contribution in [2.75, 3.05) is 7.05 Å². The fourth-order valence-corrected chi connectivity index (χ4v) is 5.94. The number of rotatable bonds is 7. The van der Waals surface area contributed by atoms with E-state index in [4.69, 9.17) is 0 Å². The van der Waals surface area contributed by atoms with Gasteiger partial charge in [-0.05, 0) is 37.1 Å². The number of hydrogen-bond acceptors (Lipinski definition) is 4. The number of nitrogens with one attached hydrogen (secondary N) is 1. The van der Waals surface area contributed by atoms with Gasteiger partial charge in [0.2, 0.25) is 15.9 Å². The summed E-state index contributed by atoms with van der Waals surface area (Å²) in [7, 11) is -2.27. The molecule has 8 heteroatoms. The van der Waals surface area contributed by atoms with Gasteiger partial charge in [0.1, 0.15) is 0 Å². The molecule has 3 aromatic rings. The highest BCUT2D eigenvalue weighted by molar-refractivity contribution is 7.89. The van der Waals surface area contributed by atoms with Crippen molar-refractivity contribution in [3.63, 3.8) is 0 Å². The Labute approximate surface area is 212 Å². The van der Waals surface area contributed by atoms with Gasteiger partial charge in [-0.2, -0.15) is 0 Å². The molecule has 1 aliphatic rings. The molecule has 0 aromatic heterocycles. The molecular weight excluding hydrogens is 474 g/mol. The Hall–Kier alpha value is -3.49. The Bertz CT molecular complexity index is 1330. The van der Waals surface area contributed by atoms with Crippen LogP contribution in [-0.4, -0.2) is 43.2 Å². The van der Waals surface area contributed by atoms with Crippen molar-refractivity contribution < 1.29 is 18.0 Å². The third kappa shape index (κ3) is 4.92. The predicted molar refractivity (Wildman–Crippen MR) is 138 cm³/mol. The van der Waals surface area contributed by atoms with E-state index in [1.807, 2.05) is 50.2 Å².